The molecule has 0 fully saturated rings. The average molecular weight is 510 g/mol. The van der Waals surface area contributed by atoms with Crippen LogP contribution in [0.25, 0.3) is 21.3 Å². The summed E-state index contributed by atoms with van der Waals surface area (Å²) in [7, 11) is 0. The number of ether oxygens (including phenoxy) is 1. The molecule has 0 bridgehead atoms. The van der Waals surface area contributed by atoms with Crippen molar-refractivity contribution < 1.29 is 14.3 Å². The van der Waals surface area contributed by atoms with Crippen LogP contribution >= 0.6 is 27.3 Å². The van der Waals surface area contributed by atoms with E-state index >= 15 is 0 Å². The van der Waals surface area contributed by atoms with E-state index in [1.54, 1.807) is 18.2 Å². The van der Waals surface area contributed by atoms with Crippen molar-refractivity contribution >= 4 is 54.9 Å². The summed E-state index contributed by atoms with van der Waals surface area (Å²) in [5.74, 6) is -0.0384. The number of ketones is 1. The summed E-state index contributed by atoms with van der Waals surface area (Å²) >= 11 is 4.89. The first-order valence-corrected chi connectivity index (χ1v) is 11.4. The predicted octanol–water partition coefficient (Wildman–Crippen LogP) is 4.41. The van der Waals surface area contributed by atoms with Crippen LogP contribution in [-0.2, 0) is 11.3 Å². The minimum absolute atomic E-state index is 0.0534. The zero-order valence-corrected chi connectivity index (χ0v) is 19.2. The third kappa shape index (κ3) is 3.63. The van der Waals surface area contributed by atoms with Gasteiger partial charge in [-0.3, -0.25) is 19.0 Å². The molecule has 1 N–H and O–H groups in total. The molecule has 0 spiro atoms. The highest BCUT2D eigenvalue weighted by Crippen LogP contribution is 2.36. The Kier molecular flexibility index (Phi) is 5.15. The van der Waals surface area contributed by atoms with Crippen molar-refractivity contribution in [1.29, 1.82) is 0 Å². The van der Waals surface area contributed by atoms with E-state index in [-0.39, 0.29) is 30.4 Å². The van der Waals surface area contributed by atoms with Crippen LogP contribution in [-0.4, -0.2) is 27.8 Å². The highest BCUT2D eigenvalue weighted by molar-refractivity contribution is 9.10. The normalized spacial score (nSPS) is 12.9. The monoisotopic (exact) mass is 509 g/mol. The number of Topliss-reactive ketones (excluding diaryl/α,β-unsaturated/α-hetero) is 1. The summed E-state index contributed by atoms with van der Waals surface area (Å²) in [4.78, 5) is 43.9. The number of nitrogens with one attached hydrogen (secondary N) is 1. The van der Waals surface area contributed by atoms with Gasteiger partial charge in [0, 0.05) is 20.5 Å². The molecule has 1 amide bonds. The van der Waals surface area contributed by atoms with Gasteiger partial charge in [-0.05, 0) is 42.8 Å². The molecular formula is C23H16BrN3O4S. The number of rotatable bonds is 4. The standard InChI is InChI=1S/C23H16BrN3O4S/c1-12-20(13-2-5-15(24)6-3-13)21-22(32-12)25-11-27(23(21)30)9-17(28)14-4-7-18-16(8-14)26-19(29)10-31-18/h2-8,11H,9-10H2,1H3,(H,26,29). The average Bonchev–Trinajstić information content (AvgIpc) is 3.12. The fraction of sp³-hybridized carbons (Fsp3) is 0.130. The number of nitrogens with zero attached hydrogens (tertiary/aromatic N) is 2. The number of carbonyl (C=O) groups excluding carboxylic acids is 2. The molecule has 0 radical (unpaired) electrons. The van der Waals surface area contributed by atoms with Crippen molar-refractivity contribution in [1.82, 2.24) is 9.55 Å². The molecule has 0 aliphatic carbocycles. The van der Waals surface area contributed by atoms with Crippen LogP contribution in [0.3, 0.4) is 0 Å². The number of benzene rings is 2. The van der Waals surface area contributed by atoms with Crippen molar-refractivity contribution in [3.63, 3.8) is 0 Å². The Morgan fingerprint density at radius 1 is 1.22 bits per heavy atom. The van der Waals surface area contributed by atoms with Crippen molar-refractivity contribution in [3.05, 3.63) is 74.1 Å². The number of hydrogen-bond acceptors (Lipinski definition) is 6. The molecule has 4 aromatic rings. The van der Waals surface area contributed by atoms with Gasteiger partial charge in [0.05, 0.1) is 23.9 Å². The number of carbonyl (C=O) groups is 2. The SMILES string of the molecule is Cc1sc2ncn(CC(=O)c3ccc4c(c3)NC(=O)CO4)c(=O)c2c1-c1ccc(Br)cc1. The molecule has 1 aliphatic rings. The lowest BCUT2D eigenvalue weighted by molar-refractivity contribution is -0.118. The molecule has 9 heteroatoms. The number of anilines is 1. The second-order valence-corrected chi connectivity index (χ2v) is 9.49. The molecule has 160 valence electrons. The minimum atomic E-state index is -0.277. The molecule has 0 saturated carbocycles. The van der Waals surface area contributed by atoms with E-state index in [9.17, 15) is 14.4 Å². The van der Waals surface area contributed by atoms with Gasteiger partial charge >= 0.3 is 0 Å². The van der Waals surface area contributed by atoms with E-state index in [1.807, 2.05) is 31.2 Å². The largest absolute Gasteiger partial charge is 0.482 e. The first kappa shape index (κ1) is 20.6. The highest BCUT2D eigenvalue weighted by atomic mass is 79.9. The van der Waals surface area contributed by atoms with Gasteiger partial charge in [-0.25, -0.2) is 4.98 Å². The Bertz CT molecular complexity index is 1460. The van der Waals surface area contributed by atoms with Gasteiger partial charge in [-0.15, -0.1) is 11.3 Å². The van der Waals surface area contributed by atoms with Crippen LogP contribution in [0, 0.1) is 6.92 Å². The summed E-state index contributed by atoms with van der Waals surface area (Å²) in [5.41, 5.74) is 2.31. The van der Waals surface area contributed by atoms with E-state index in [1.165, 1.54) is 22.2 Å². The number of amides is 1. The molecular weight excluding hydrogens is 494 g/mol. The van der Waals surface area contributed by atoms with E-state index in [0.717, 1.165) is 20.5 Å². The molecule has 0 unspecified atom stereocenters. The predicted molar refractivity (Wildman–Crippen MR) is 127 cm³/mol. The second-order valence-electron chi connectivity index (χ2n) is 7.37. The molecule has 7 nitrogen and oxygen atoms in total. The van der Waals surface area contributed by atoms with E-state index < -0.39 is 0 Å². The van der Waals surface area contributed by atoms with E-state index in [2.05, 4.69) is 26.2 Å². The minimum Gasteiger partial charge on any atom is -0.482 e. The topological polar surface area (TPSA) is 90.3 Å². The molecule has 0 atom stereocenters. The van der Waals surface area contributed by atoms with Gasteiger partial charge < -0.3 is 10.1 Å². The molecule has 1 aliphatic heterocycles. The summed E-state index contributed by atoms with van der Waals surface area (Å²) in [6.45, 7) is 1.74. The molecule has 3 heterocycles. The number of halogens is 1. The van der Waals surface area contributed by atoms with E-state index in [0.29, 0.717) is 27.2 Å². The van der Waals surface area contributed by atoms with Crippen LogP contribution < -0.4 is 15.6 Å². The van der Waals surface area contributed by atoms with Crippen LogP contribution in [0.1, 0.15) is 15.2 Å². The molecule has 0 saturated heterocycles. The third-order valence-electron chi connectivity index (χ3n) is 5.24. The first-order valence-electron chi connectivity index (χ1n) is 9.75. The van der Waals surface area contributed by atoms with Crippen molar-refractivity contribution in [2.24, 2.45) is 0 Å². The van der Waals surface area contributed by atoms with Gasteiger partial charge in [-0.2, -0.15) is 0 Å². The summed E-state index contributed by atoms with van der Waals surface area (Å²) in [5, 5.41) is 3.20. The fourth-order valence-corrected chi connectivity index (χ4v) is 4.98. The van der Waals surface area contributed by atoms with Crippen molar-refractivity contribution in [2.75, 3.05) is 11.9 Å². The Balaban J connectivity index is 1.52. The van der Waals surface area contributed by atoms with Crippen LogP contribution in [0.4, 0.5) is 5.69 Å². The van der Waals surface area contributed by atoms with Gasteiger partial charge in [0.25, 0.3) is 11.5 Å². The lowest BCUT2D eigenvalue weighted by atomic mass is 10.0. The Hall–Kier alpha value is -3.30. The summed E-state index contributed by atoms with van der Waals surface area (Å²) in [6, 6.07) is 12.6. The molecule has 5 rings (SSSR count). The van der Waals surface area contributed by atoms with Gasteiger partial charge in [0.15, 0.2) is 12.4 Å². The maximum Gasteiger partial charge on any atom is 0.263 e. The smallest absolute Gasteiger partial charge is 0.263 e. The zero-order chi connectivity index (χ0) is 22.4. The fourth-order valence-electron chi connectivity index (χ4n) is 3.72. The first-order chi connectivity index (χ1) is 15.4. The number of hydrogen-bond donors (Lipinski definition) is 1. The Morgan fingerprint density at radius 3 is 2.78 bits per heavy atom. The molecule has 2 aromatic carbocycles. The summed E-state index contributed by atoms with van der Waals surface area (Å²) < 4.78 is 7.61. The molecule has 2 aromatic heterocycles. The number of aromatic nitrogens is 2. The maximum atomic E-state index is 13.3. The van der Waals surface area contributed by atoms with E-state index in [4.69, 9.17) is 4.74 Å². The Labute approximate surface area is 194 Å². The van der Waals surface area contributed by atoms with Gasteiger partial charge in [0.1, 0.15) is 10.6 Å². The van der Waals surface area contributed by atoms with Gasteiger partial charge in [0.2, 0.25) is 0 Å². The van der Waals surface area contributed by atoms with Crippen LogP contribution in [0.2, 0.25) is 0 Å². The zero-order valence-electron chi connectivity index (χ0n) is 16.8. The second kappa shape index (κ2) is 7.99. The third-order valence-corrected chi connectivity index (χ3v) is 6.78. The quantitative estimate of drug-likeness (QED) is 0.411. The lowest BCUT2D eigenvalue weighted by Crippen LogP contribution is -2.26. The lowest BCUT2D eigenvalue weighted by Gasteiger charge is -2.18. The number of thiophene rings is 1. The maximum absolute atomic E-state index is 13.3. The van der Waals surface area contributed by atoms with Crippen LogP contribution in [0.15, 0.2) is 58.1 Å². The number of aryl methyl sites for hydroxylation is 1. The van der Waals surface area contributed by atoms with Crippen molar-refractivity contribution in [2.45, 2.75) is 13.5 Å². The van der Waals surface area contributed by atoms with Crippen molar-refractivity contribution in [3.8, 4) is 16.9 Å². The molecule has 32 heavy (non-hydrogen) atoms. The highest BCUT2D eigenvalue weighted by Gasteiger charge is 2.20. The van der Waals surface area contributed by atoms with Crippen LogP contribution in [0.5, 0.6) is 5.75 Å². The van der Waals surface area contributed by atoms with Gasteiger partial charge in [-0.1, -0.05) is 28.1 Å². The summed E-state index contributed by atoms with van der Waals surface area (Å²) in [6.07, 6.45) is 1.41. The number of fused-ring (bicyclic) bond motifs is 2. The Morgan fingerprint density at radius 2 is 2.00 bits per heavy atom.